The zero-order valence-corrected chi connectivity index (χ0v) is 32.9. The second kappa shape index (κ2) is 19.0. The van der Waals surface area contributed by atoms with E-state index in [9.17, 15) is 19.8 Å². The van der Waals surface area contributed by atoms with Crippen molar-refractivity contribution in [3.05, 3.63) is 70.3 Å². The van der Waals surface area contributed by atoms with Crippen molar-refractivity contribution < 1.29 is 123 Å². The summed E-state index contributed by atoms with van der Waals surface area (Å²) >= 11 is 0. The van der Waals surface area contributed by atoms with Crippen LogP contribution in [0.5, 0.6) is 0 Å². The number of hydrogen-bond donors (Lipinski definition) is 2. The van der Waals surface area contributed by atoms with Crippen molar-refractivity contribution in [2.24, 2.45) is 5.92 Å². The van der Waals surface area contributed by atoms with Gasteiger partial charge in [0.25, 0.3) is 0 Å². The van der Waals surface area contributed by atoms with Crippen LogP contribution < -0.4 is 113 Å². The van der Waals surface area contributed by atoms with E-state index in [-0.39, 0.29) is 109 Å². The molecular weight excluding hydrogens is 619 g/mol. The predicted octanol–water partition coefficient (Wildman–Crippen LogP) is -0.605. The average Bonchev–Trinajstić information content (AvgIpc) is 3.79. The minimum Gasteiger partial charge on any atom is -0.550 e. The number of carbonyl (C=O) groups excluding carboxylic acids is 2. The number of nitrogens with one attached hydrogen (secondary N) is 2. The minimum atomic E-state index is -1.41. The van der Waals surface area contributed by atoms with Crippen molar-refractivity contribution >= 4 is 58.3 Å². The Hall–Kier alpha value is -1.19. The van der Waals surface area contributed by atoms with Gasteiger partial charge < -0.3 is 29.8 Å². The maximum absolute atomic E-state index is 11.6. The predicted molar refractivity (Wildman–Crippen MR) is 167 cm³/mol. The molecule has 224 valence electrons. The molecule has 45 heavy (non-hydrogen) atoms. The molecule has 5 rings (SSSR count). The van der Waals surface area contributed by atoms with Crippen LogP contribution in [0.4, 0.5) is 0 Å². The van der Waals surface area contributed by atoms with Crippen molar-refractivity contribution in [2.45, 2.75) is 77.6 Å². The van der Waals surface area contributed by atoms with Gasteiger partial charge >= 0.3 is 103 Å². The van der Waals surface area contributed by atoms with Crippen molar-refractivity contribution in [3.63, 3.8) is 0 Å². The fourth-order valence-corrected chi connectivity index (χ4v) is 5.80. The molecule has 0 aromatic carbocycles. The molecule has 10 heteroatoms. The molecule has 2 aliphatic heterocycles. The largest absolute Gasteiger partial charge is 1.00 e. The van der Waals surface area contributed by atoms with Crippen molar-refractivity contribution in [2.75, 3.05) is 0 Å². The van der Waals surface area contributed by atoms with Crippen LogP contribution >= 0.6 is 0 Å². The molecule has 0 aliphatic carbocycles. The smallest absolute Gasteiger partial charge is 0.550 e. The van der Waals surface area contributed by atoms with E-state index in [1.54, 1.807) is 0 Å². The fourth-order valence-electron chi connectivity index (χ4n) is 5.80. The number of carbonyl (C=O) groups is 2. The molecule has 2 N–H and O–H groups in total. The van der Waals surface area contributed by atoms with E-state index >= 15 is 0 Å². The first kappa shape index (κ1) is 38.3. The Morgan fingerprint density at radius 2 is 1.24 bits per heavy atom. The van der Waals surface area contributed by atoms with E-state index in [1.165, 1.54) is 38.5 Å². The van der Waals surface area contributed by atoms with E-state index in [4.69, 9.17) is 9.97 Å². The van der Waals surface area contributed by atoms with Crippen LogP contribution in [0.2, 0.25) is 0 Å². The number of carboxylic acid groups (broad SMARTS) is 2. The molecule has 8 nitrogen and oxygen atoms in total. The van der Waals surface area contributed by atoms with E-state index in [0.717, 1.165) is 68.8 Å². The summed E-state index contributed by atoms with van der Waals surface area (Å²) in [6.07, 6.45) is 17.6. The van der Waals surface area contributed by atoms with Gasteiger partial charge in [0.05, 0.1) is 22.8 Å². The molecule has 3 aromatic heterocycles. The molecule has 8 bridgehead atoms. The van der Waals surface area contributed by atoms with E-state index < -0.39 is 24.3 Å². The van der Waals surface area contributed by atoms with Crippen LogP contribution in [-0.2, 0) is 22.4 Å². The van der Waals surface area contributed by atoms with Crippen LogP contribution in [0, 0.1) is 5.92 Å². The average molecular weight is 657 g/mol. The number of aromatic amines is 2. The van der Waals surface area contributed by atoms with Crippen molar-refractivity contribution in [3.8, 4) is 0 Å². The molecule has 0 radical (unpaired) electrons. The monoisotopic (exact) mass is 656 g/mol. The topological polar surface area (TPSA) is 138 Å². The number of H-pyrrole nitrogens is 2. The molecule has 1 unspecified atom stereocenters. The first-order valence-electron chi connectivity index (χ1n) is 15.4. The first-order valence-corrected chi connectivity index (χ1v) is 15.4. The molecule has 0 saturated carbocycles. The van der Waals surface area contributed by atoms with Gasteiger partial charge in [-0.15, -0.1) is 0 Å². The summed E-state index contributed by atoms with van der Waals surface area (Å²) < 4.78 is 0. The normalized spacial score (nSPS) is 12.4. The summed E-state index contributed by atoms with van der Waals surface area (Å²) in [5, 5.41) is 22.7. The number of aryl methyl sites for hydroxylation is 1. The molecule has 5 heterocycles. The van der Waals surface area contributed by atoms with E-state index in [2.05, 4.69) is 29.0 Å². The van der Waals surface area contributed by atoms with Crippen LogP contribution in [0.25, 0.3) is 46.4 Å². The maximum atomic E-state index is 11.6. The van der Waals surface area contributed by atoms with Gasteiger partial charge in [0, 0.05) is 45.5 Å². The summed E-state index contributed by atoms with van der Waals surface area (Å²) in [4.78, 5) is 39.5. The molecule has 1 atom stereocenters. The Labute approximate surface area is 349 Å². The van der Waals surface area contributed by atoms with Gasteiger partial charge in [-0.1, -0.05) is 45.4 Å². The van der Waals surface area contributed by atoms with Gasteiger partial charge in [-0.25, -0.2) is 9.97 Å². The Morgan fingerprint density at radius 1 is 0.711 bits per heavy atom. The number of unbranched alkanes of at least 4 members (excludes halogenated alkanes) is 6. The molecule has 3 aromatic rings. The van der Waals surface area contributed by atoms with Gasteiger partial charge in [-0.05, 0) is 98.4 Å². The quantitative estimate of drug-likeness (QED) is 0.121. The number of aromatic nitrogens is 4. The van der Waals surface area contributed by atoms with Crippen LogP contribution in [0.15, 0.2) is 36.4 Å². The van der Waals surface area contributed by atoms with Gasteiger partial charge in [-0.3, -0.25) is 0 Å². The summed E-state index contributed by atoms with van der Waals surface area (Å²) in [5.74, 6) is -3.94. The van der Waals surface area contributed by atoms with Gasteiger partial charge in [0.15, 0.2) is 0 Å². The molecule has 0 amide bonds. The molecule has 0 fully saturated rings. The zero-order valence-electron chi connectivity index (χ0n) is 26.7. The van der Waals surface area contributed by atoms with Crippen LogP contribution in [0.3, 0.4) is 0 Å². The standard InChI is InChI=1S/C35H40N4O4.2K/c1-2-3-4-5-6-7-8-9-28-30-16-11-24(36-30)21-26-13-18-32(38-26)29(15-10-23(35(42)43)20-34(40)41)33-19-14-27(39-33)22-25-12-17-31(28)37-25;;/h11-14,16-19,21-23,38-39H,2-10,15,20H2,1H3,(H,40,41)(H,42,43);;/q;2*+1/p-2. The number of hydrogen-bond acceptors (Lipinski definition) is 6. The van der Waals surface area contributed by atoms with Gasteiger partial charge in [0.2, 0.25) is 0 Å². The number of nitrogens with zero attached hydrogens (tertiary/aromatic N) is 2. The number of aliphatic carboxylic acids is 2. The summed E-state index contributed by atoms with van der Waals surface area (Å²) in [7, 11) is 0. The molecule has 0 spiro atoms. The Morgan fingerprint density at radius 3 is 1.76 bits per heavy atom. The van der Waals surface area contributed by atoms with E-state index in [0.29, 0.717) is 6.42 Å². The zero-order chi connectivity index (χ0) is 30.2. The fraction of sp³-hybridized carbons (Fsp3) is 0.371. The van der Waals surface area contributed by atoms with Gasteiger partial charge in [0.1, 0.15) is 0 Å². The molecule has 2 aliphatic rings. The number of fused-ring (bicyclic) bond motifs is 8. The number of rotatable bonds is 14. The SMILES string of the molecule is CCCCCCCCCc1c2nc(cc3ccc([nH]3)c(CCC(CC(=O)[O-])C(=O)[O-])c3ccc(cc4nc1C=C4)[nH]3)C=C2.[K+].[K+]. The molecule has 0 saturated heterocycles. The summed E-state index contributed by atoms with van der Waals surface area (Å²) in [6.45, 7) is 2.24. The van der Waals surface area contributed by atoms with Crippen molar-refractivity contribution in [1.29, 1.82) is 0 Å². The summed E-state index contributed by atoms with van der Waals surface area (Å²) in [5.41, 5.74) is 8.89. The Balaban J connectivity index is 0.00000276. The minimum absolute atomic E-state index is 0. The Bertz CT molecular complexity index is 1610. The van der Waals surface area contributed by atoms with E-state index in [1.807, 2.05) is 48.6 Å². The molecular formula is C35H38K2N4O4. The third-order valence-corrected chi connectivity index (χ3v) is 8.14. The van der Waals surface area contributed by atoms with Crippen LogP contribution in [-0.4, -0.2) is 31.9 Å². The second-order valence-electron chi connectivity index (χ2n) is 11.4. The first-order chi connectivity index (χ1) is 20.9. The summed E-state index contributed by atoms with van der Waals surface area (Å²) in [6, 6.07) is 11.8. The number of carboxylic acids is 2. The Kier molecular flexibility index (Phi) is 16.1. The second-order valence-corrected chi connectivity index (χ2v) is 11.4. The van der Waals surface area contributed by atoms with Crippen molar-refractivity contribution in [1.82, 2.24) is 19.9 Å². The van der Waals surface area contributed by atoms with Crippen LogP contribution in [0.1, 0.15) is 98.6 Å². The van der Waals surface area contributed by atoms with Gasteiger partial charge in [-0.2, -0.15) is 0 Å². The third-order valence-electron chi connectivity index (χ3n) is 8.14. The maximum Gasteiger partial charge on any atom is 1.00 e. The third kappa shape index (κ3) is 10.9.